The lowest BCUT2D eigenvalue weighted by atomic mass is 10.2. The molecular formula is C17H26N4O2. The second-order valence-corrected chi connectivity index (χ2v) is 5.74. The zero-order valence-electron chi connectivity index (χ0n) is 13.5. The van der Waals surface area contributed by atoms with Crippen molar-refractivity contribution in [3.05, 3.63) is 42.2 Å². The van der Waals surface area contributed by atoms with Gasteiger partial charge >= 0.3 is 0 Å². The third-order valence-corrected chi connectivity index (χ3v) is 4.05. The van der Waals surface area contributed by atoms with Gasteiger partial charge in [0, 0.05) is 44.2 Å². The largest absolute Gasteiger partial charge is 0.469 e. The van der Waals surface area contributed by atoms with E-state index in [0.717, 1.165) is 62.7 Å². The number of hydrogen-bond acceptors (Lipinski definition) is 5. The van der Waals surface area contributed by atoms with E-state index in [4.69, 9.17) is 4.42 Å². The van der Waals surface area contributed by atoms with Crippen molar-refractivity contribution < 1.29 is 9.89 Å². The summed E-state index contributed by atoms with van der Waals surface area (Å²) in [7, 11) is 0. The molecule has 0 radical (unpaired) electrons. The number of furan rings is 1. The van der Waals surface area contributed by atoms with Crippen LogP contribution in [-0.4, -0.2) is 41.6 Å². The van der Waals surface area contributed by atoms with E-state index in [1.54, 1.807) is 12.6 Å². The van der Waals surface area contributed by atoms with Crippen molar-refractivity contribution in [1.29, 1.82) is 0 Å². The normalized spacial score (nSPS) is 14.0. The Hall–Kier alpha value is -1.92. The standard InChI is InChI=1S/C17H24N4O.H2O/c1-2-11-21(10-1)17-13-15(19-14-20-17)7-9-18-8-3-5-16-6-4-12-22-16;/h4,6,12-14,18H,1-3,5,7-11H2;1H2. The van der Waals surface area contributed by atoms with E-state index in [9.17, 15) is 0 Å². The van der Waals surface area contributed by atoms with Gasteiger partial charge in [-0.15, -0.1) is 0 Å². The van der Waals surface area contributed by atoms with Gasteiger partial charge in [0.05, 0.1) is 6.26 Å². The molecule has 0 bridgehead atoms. The third kappa shape index (κ3) is 5.33. The highest BCUT2D eigenvalue weighted by Crippen LogP contribution is 2.17. The van der Waals surface area contributed by atoms with Gasteiger partial charge in [-0.3, -0.25) is 0 Å². The van der Waals surface area contributed by atoms with Crippen molar-refractivity contribution in [3.63, 3.8) is 0 Å². The van der Waals surface area contributed by atoms with Gasteiger partial charge in [0.1, 0.15) is 17.9 Å². The van der Waals surface area contributed by atoms with E-state index in [-0.39, 0.29) is 5.48 Å². The maximum atomic E-state index is 5.32. The first kappa shape index (κ1) is 17.4. The molecule has 126 valence electrons. The highest BCUT2D eigenvalue weighted by atomic mass is 16.3. The van der Waals surface area contributed by atoms with E-state index in [2.05, 4.69) is 26.3 Å². The van der Waals surface area contributed by atoms with E-state index in [1.165, 1.54) is 12.8 Å². The molecule has 23 heavy (non-hydrogen) atoms. The number of nitrogens with one attached hydrogen (secondary N) is 1. The van der Waals surface area contributed by atoms with Crippen molar-refractivity contribution in [2.24, 2.45) is 0 Å². The van der Waals surface area contributed by atoms with Crippen LogP contribution in [0.5, 0.6) is 0 Å². The molecule has 3 rings (SSSR count). The van der Waals surface area contributed by atoms with Crippen LogP contribution in [0.3, 0.4) is 0 Å². The number of rotatable bonds is 8. The first-order valence-corrected chi connectivity index (χ1v) is 8.21. The van der Waals surface area contributed by atoms with Crippen LogP contribution in [0.2, 0.25) is 0 Å². The summed E-state index contributed by atoms with van der Waals surface area (Å²) >= 11 is 0. The average Bonchev–Trinajstić information content (AvgIpc) is 3.24. The fourth-order valence-electron chi connectivity index (χ4n) is 2.83. The Bertz CT molecular complexity index is 553. The van der Waals surface area contributed by atoms with Crippen LogP contribution >= 0.6 is 0 Å². The number of anilines is 1. The molecule has 1 aliphatic rings. The summed E-state index contributed by atoms with van der Waals surface area (Å²) in [5.41, 5.74) is 1.12. The zero-order valence-corrected chi connectivity index (χ0v) is 13.5. The molecule has 2 aromatic rings. The molecule has 0 saturated carbocycles. The van der Waals surface area contributed by atoms with Crippen molar-refractivity contribution in [1.82, 2.24) is 15.3 Å². The summed E-state index contributed by atoms with van der Waals surface area (Å²) in [5, 5.41) is 3.47. The molecule has 1 saturated heterocycles. The highest BCUT2D eigenvalue weighted by molar-refractivity contribution is 5.39. The molecule has 0 unspecified atom stereocenters. The summed E-state index contributed by atoms with van der Waals surface area (Å²) in [5.74, 6) is 2.15. The van der Waals surface area contributed by atoms with Gasteiger partial charge in [-0.2, -0.15) is 0 Å². The summed E-state index contributed by atoms with van der Waals surface area (Å²) in [6.45, 7) is 4.21. The molecule has 6 heteroatoms. The Labute approximate surface area is 137 Å². The van der Waals surface area contributed by atoms with Gasteiger partial charge in [-0.1, -0.05) is 0 Å². The third-order valence-electron chi connectivity index (χ3n) is 4.05. The van der Waals surface area contributed by atoms with E-state index in [0.29, 0.717) is 0 Å². The molecule has 1 fully saturated rings. The maximum Gasteiger partial charge on any atom is 0.132 e. The number of nitrogens with zero attached hydrogens (tertiary/aromatic N) is 3. The van der Waals surface area contributed by atoms with Crippen LogP contribution in [0.15, 0.2) is 35.2 Å². The average molecular weight is 318 g/mol. The molecule has 3 N–H and O–H groups in total. The van der Waals surface area contributed by atoms with Crippen LogP contribution in [0.4, 0.5) is 5.82 Å². The Kier molecular flexibility index (Phi) is 7.03. The molecule has 0 aliphatic carbocycles. The van der Waals surface area contributed by atoms with Crippen LogP contribution in [0.1, 0.15) is 30.7 Å². The van der Waals surface area contributed by atoms with Crippen LogP contribution in [-0.2, 0) is 12.8 Å². The lowest BCUT2D eigenvalue weighted by molar-refractivity contribution is 0.496. The van der Waals surface area contributed by atoms with E-state index in [1.807, 2.05) is 12.1 Å². The molecule has 0 amide bonds. The van der Waals surface area contributed by atoms with E-state index < -0.39 is 0 Å². The van der Waals surface area contributed by atoms with Gasteiger partial charge < -0.3 is 20.1 Å². The lowest BCUT2D eigenvalue weighted by Gasteiger charge is -2.16. The van der Waals surface area contributed by atoms with Gasteiger partial charge in [0.2, 0.25) is 0 Å². The number of aryl methyl sites for hydroxylation is 1. The van der Waals surface area contributed by atoms with Crippen molar-refractivity contribution in [2.75, 3.05) is 31.1 Å². The Morgan fingerprint density at radius 2 is 2.00 bits per heavy atom. The topological polar surface area (TPSA) is 85.7 Å². The molecule has 2 aromatic heterocycles. The Morgan fingerprint density at radius 1 is 1.13 bits per heavy atom. The van der Waals surface area contributed by atoms with Crippen molar-refractivity contribution in [3.8, 4) is 0 Å². The summed E-state index contributed by atoms with van der Waals surface area (Å²) < 4.78 is 5.32. The second-order valence-electron chi connectivity index (χ2n) is 5.74. The Morgan fingerprint density at radius 3 is 2.78 bits per heavy atom. The first-order valence-electron chi connectivity index (χ1n) is 8.21. The van der Waals surface area contributed by atoms with Gasteiger partial charge in [0.15, 0.2) is 0 Å². The van der Waals surface area contributed by atoms with Crippen molar-refractivity contribution in [2.45, 2.75) is 32.1 Å². The molecule has 1 aliphatic heterocycles. The summed E-state index contributed by atoms with van der Waals surface area (Å²) in [6.07, 6.45) is 9.01. The van der Waals surface area contributed by atoms with Crippen LogP contribution in [0.25, 0.3) is 0 Å². The lowest BCUT2D eigenvalue weighted by Crippen LogP contribution is -2.21. The summed E-state index contributed by atoms with van der Waals surface area (Å²) in [4.78, 5) is 11.1. The van der Waals surface area contributed by atoms with Gasteiger partial charge in [-0.05, 0) is 37.9 Å². The SMILES string of the molecule is O.c1coc(CCCNCCc2cc(N3CCCC3)ncn2)c1. The van der Waals surface area contributed by atoms with Gasteiger partial charge in [0.25, 0.3) is 0 Å². The fraction of sp³-hybridized carbons (Fsp3) is 0.529. The highest BCUT2D eigenvalue weighted by Gasteiger charge is 2.13. The maximum absolute atomic E-state index is 5.32. The smallest absolute Gasteiger partial charge is 0.132 e. The molecule has 0 atom stereocenters. The first-order chi connectivity index (χ1) is 10.9. The van der Waals surface area contributed by atoms with Crippen molar-refractivity contribution >= 4 is 5.82 Å². The zero-order chi connectivity index (χ0) is 15.0. The number of aromatic nitrogens is 2. The fourth-order valence-corrected chi connectivity index (χ4v) is 2.83. The molecule has 0 aromatic carbocycles. The van der Waals surface area contributed by atoms with E-state index >= 15 is 0 Å². The summed E-state index contributed by atoms with van der Waals surface area (Å²) in [6, 6.07) is 6.10. The number of hydrogen-bond donors (Lipinski definition) is 1. The minimum atomic E-state index is 0. The Balaban J connectivity index is 0.00000192. The second kappa shape index (κ2) is 9.27. The predicted octanol–water partition coefficient (Wildman–Crippen LogP) is 1.61. The minimum Gasteiger partial charge on any atom is -0.469 e. The van der Waals surface area contributed by atoms with Crippen LogP contribution in [0, 0.1) is 0 Å². The molecule has 0 spiro atoms. The molecule has 6 nitrogen and oxygen atoms in total. The minimum absolute atomic E-state index is 0. The predicted molar refractivity (Wildman–Crippen MR) is 90.7 cm³/mol. The van der Waals surface area contributed by atoms with Crippen LogP contribution < -0.4 is 10.2 Å². The quantitative estimate of drug-likeness (QED) is 0.747. The molecular weight excluding hydrogens is 292 g/mol. The van der Waals surface area contributed by atoms with Gasteiger partial charge in [-0.25, -0.2) is 9.97 Å². The monoisotopic (exact) mass is 318 g/mol. The molecule has 3 heterocycles.